The van der Waals surface area contributed by atoms with E-state index in [0.29, 0.717) is 6.61 Å². The van der Waals surface area contributed by atoms with Crippen molar-refractivity contribution in [2.75, 3.05) is 6.54 Å². The Bertz CT molecular complexity index is 1240. The van der Waals surface area contributed by atoms with E-state index in [1.807, 2.05) is 58.0 Å². The SMILES string of the molecule is O=C(c1cc2c(s1)-c1ccccc1OC2)N1CCC[C@H]1c1nnc2ccccn12. The van der Waals surface area contributed by atoms with Gasteiger partial charge in [-0.05, 0) is 43.2 Å². The van der Waals surface area contributed by atoms with Crippen LogP contribution in [0.5, 0.6) is 5.75 Å². The van der Waals surface area contributed by atoms with E-state index in [2.05, 4.69) is 16.3 Å². The molecule has 4 aromatic rings. The highest BCUT2D eigenvalue weighted by atomic mass is 32.1. The molecule has 0 aliphatic carbocycles. The molecule has 29 heavy (non-hydrogen) atoms. The zero-order valence-electron chi connectivity index (χ0n) is 15.6. The lowest BCUT2D eigenvalue weighted by Crippen LogP contribution is -2.31. The summed E-state index contributed by atoms with van der Waals surface area (Å²) in [6, 6.07) is 15.8. The molecule has 7 heteroatoms. The van der Waals surface area contributed by atoms with E-state index in [1.54, 1.807) is 11.3 Å². The topological polar surface area (TPSA) is 59.7 Å². The summed E-state index contributed by atoms with van der Waals surface area (Å²) < 4.78 is 7.84. The van der Waals surface area contributed by atoms with Gasteiger partial charge in [-0.2, -0.15) is 0 Å². The molecule has 2 aliphatic heterocycles. The van der Waals surface area contributed by atoms with Gasteiger partial charge in [-0.3, -0.25) is 9.20 Å². The molecule has 3 aromatic heterocycles. The summed E-state index contributed by atoms with van der Waals surface area (Å²) in [5, 5.41) is 8.67. The summed E-state index contributed by atoms with van der Waals surface area (Å²) in [6.45, 7) is 1.25. The van der Waals surface area contributed by atoms with Crippen molar-refractivity contribution in [2.24, 2.45) is 0 Å². The predicted molar refractivity (Wildman–Crippen MR) is 110 cm³/mol. The molecule has 0 N–H and O–H groups in total. The van der Waals surface area contributed by atoms with Gasteiger partial charge >= 0.3 is 0 Å². The maximum Gasteiger partial charge on any atom is 0.264 e. The minimum atomic E-state index is -0.0532. The first-order chi connectivity index (χ1) is 14.3. The summed E-state index contributed by atoms with van der Waals surface area (Å²) >= 11 is 1.56. The molecule has 5 heterocycles. The van der Waals surface area contributed by atoms with Crippen molar-refractivity contribution in [3.8, 4) is 16.2 Å². The summed E-state index contributed by atoms with van der Waals surface area (Å²) in [5.41, 5.74) is 2.96. The number of hydrogen-bond donors (Lipinski definition) is 0. The van der Waals surface area contributed by atoms with Crippen molar-refractivity contribution in [3.05, 3.63) is 71.0 Å². The van der Waals surface area contributed by atoms with Crippen molar-refractivity contribution in [1.29, 1.82) is 0 Å². The molecule has 0 bridgehead atoms. The Morgan fingerprint density at radius 1 is 1.14 bits per heavy atom. The third kappa shape index (κ3) is 2.57. The largest absolute Gasteiger partial charge is 0.488 e. The highest BCUT2D eigenvalue weighted by Gasteiger charge is 2.35. The number of para-hydroxylation sites is 1. The van der Waals surface area contributed by atoms with Crippen LogP contribution in [-0.2, 0) is 6.61 Å². The highest BCUT2D eigenvalue weighted by molar-refractivity contribution is 7.17. The predicted octanol–water partition coefficient (Wildman–Crippen LogP) is 4.33. The average molecular weight is 402 g/mol. The molecule has 144 valence electrons. The Hall–Kier alpha value is -3.19. The first-order valence-corrected chi connectivity index (χ1v) is 10.6. The van der Waals surface area contributed by atoms with Crippen LogP contribution in [0.25, 0.3) is 16.1 Å². The lowest BCUT2D eigenvalue weighted by Gasteiger charge is -2.22. The fourth-order valence-electron chi connectivity index (χ4n) is 4.31. The van der Waals surface area contributed by atoms with E-state index in [1.165, 1.54) is 0 Å². The maximum atomic E-state index is 13.5. The van der Waals surface area contributed by atoms with Gasteiger partial charge in [0.2, 0.25) is 0 Å². The molecule has 1 fully saturated rings. The summed E-state index contributed by atoms with van der Waals surface area (Å²) in [5.74, 6) is 1.79. The van der Waals surface area contributed by atoms with Crippen LogP contribution in [0.1, 0.15) is 39.9 Å². The smallest absolute Gasteiger partial charge is 0.264 e. The molecule has 6 nitrogen and oxygen atoms in total. The first-order valence-electron chi connectivity index (χ1n) is 9.75. The van der Waals surface area contributed by atoms with Crippen LogP contribution >= 0.6 is 11.3 Å². The fourth-order valence-corrected chi connectivity index (χ4v) is 5.46. The lowest BCUT2D eigenvalue weighted by molar-refractivity contribution is 0.0734. The van der Waals surface area contributed by atoms with Gasteiger partial charge in [0.15, 0.2) is 11.5 Å². The Labute approximate surface area is 171 Å². The quantitative estimate of drug-likeness (QED) is 0.501. The van der Waals surface area contributed by atoms with Crippen LogP contribution in [0.3, 0.4) is 0 Å². The monoisotopic (exact) mass is 402 g/mol. The minimum Gasteiger partial charge on any atom is -0.488 e. The molecule has 2 aliphatic rings. The summed E-state index contributed by atoms with van der Waals surface area (Å²) in [6.07, 6.45) is 3.83. The molecule has 1 saturated heterocycles. The van der Waals surface area contributed by atoms with Crippen LogP contribution in [-0.4, -0.2) is 31.9 Å². The van der Waals surface area contributed by atoms with Crippen LogP contribution in [0, 0.1) is 0 Å². The number of hydrogen-bond acceptors (Lipinski definition) is 5. The number of likely N-dealkylation sites (tertiary alicyclic amines) is 1. The maximum absolute atomic E-state index is 13.5. The fraction of sp³-hybridized carbons (Fsp3) is 0.227. The van der Waals surface area contributed by atoms with Crippen LogP contribution in [0.15, 0.2) is 54.7 Å². The number of pyridine rings is 1. The number of amides is 1. The van der Waals surface area contributed by atoms with Crippen molar-refractivity contribution in [2.45, 2.75) is 25.5 Å². The second-order valence-electron chi connectivity index (χ2n) is 7.39. The van der Waals surface area contributed by atoms with E-state index in [9.17, 15) is 4.79 Å². The van der Waals surface area contributed by atoms with Gasteiger partial charge in [0.05, 0.1) is 10.9 Å². The number of ether oxygens (including phenoxy) is 1. The van der Waals surface area contributed by atoms with Crippen LogP contribution < -0.4 is 4.74 Å². The van der Waals surface area contributed by atoms with Crippen molar-refractivity contribution in [3.63, 3.8) is 0 Å². The number of rotatable bonds is 2. The lowest BCUT2D eigenvalue weighted by atomic mass is 10.1. The zero-order chi connectivity index (χ0) is 19.4. The Kier molecular flexibility index (Phi) is 3.70. The van der Waals surface area contributed by atoms with Gasteiger partial charge in [0, 0.05) is 28.7 Å². The number of benzene rings is 1. The molecule has 0 radical (unpaired) electrons. The van der Waals surface area contributed by atoms with Crippen LogP contribution in [0.4, 0.5) is 0 Å². The van der Waals surface area contributed by atoms with Gasteiger partial charge in [0.1, 0.15) is 12.4 Å². The summed E-state index contributed by atoms with van der Waals surface area (Å²) in [7, 11) is 0. The van der Waals surface area contributed by atoms with Gasteiger partial charge in [0.25, 0.3) is 5.91 Å². The number of carbonyl (C=O) groups excluding carboxylic acids is 1. The molecule has 1 aromatic carbocycles. The third-order valence-corrected chi connectivity index (χ3v) is 6.89. The standard InChI is InChI=1S/C22H18N4O2S/c27-22(18-12-14-13-28-17-8-2-1-6-15(17)20(14)29-18)25-11-5-7-16(25)21-24-23-19-9-3-4-10-26(19)21/h1-4,6,8-10,12,16H,5,7,11,13H2/t16-/m0/s1. The van der Waals surface area contributed by atoms with Crippen LogP contribution in [0.2, 0.25) is 0 Å². The second kappa shape index (κ2) is 6.42. The molecular weight excluding hydrogens is 384 g/mol. The molecule has 0 saturated carbocycles. The van der Waals surface area contributed by atoms with E-state index in [4.69, 9.17) is 4.74 Å². The van der Waals surface area contributed by atoms with E-state index in [0.717, 1.165) is 57.5 Å². The van der Waals surface area contributed by atoms with Crippen molar-refractivity contribution >= 4 is 22.9 Å². The molecule has 1 amide bonds. The van der Waals surface area contributed by atoms with E-state index in [-0.39, 0.29) is 11.9 Å². The molecule has 0 spiro atoms. The third-order valence-electron chi connectivity index (χ3n) is 5.69. The van der Waals surface area contributed by atoms with E-state index < -0.39 is 0 Å². The Morgan fingerprint density at radius 3 is 3.00 bits per heavy atom. The van der Waals surface area contributed by atoms with Crippen molar-refractivity contribution < 1.29 is 9.53 Å². The number of nitrogens with zero attached hydrogens (tertiary/aromatic N) is 4. The van der Waals surface area contributed by atoms with Gasteiger partial charge in [-0.15, -0.1) is 21.5 Å². The van der Waals surface area contributed by atoms with Gasteiger partial charge in [-0.1, -0.05) is 18.2 Å². The highest BCUT2D eigenvalue weighted by Crippen LogP contribution is 2.43. The normalized spacial score (nSPS) is 17.8. The number of fused-ring (bicyclic) bond motifs is 4. The Morgan fingerprint density at radius 2 is 2.03 bits per heavy atom. The van der Waals surface area contributed by atoms with Crippen molar-refractivity contribution in [1.82, 2.24) is 19.5 Å². The second-order valence-corrected chi connectivity index (χ2v) is 8.45. The number of aromatic nitrogens is 3. The molecule has 1 atom stereocenters. The molecular formula is C22H18N4O2S. The average Bonchev–Trinajstić information content (AvgIpc) is 3.50. The Balaban J connectivity index is 1.36. The molecule has 6 rings (SSSR count). The molecule has 0 unspecified atom stereocenters. The zero-order valence-corrected chi connectivity index (χ0v) is 16.4. The number of thiophene rings is 1. The first kappa shape index (κ1) is 16.7. The summed E-state index contributed by atoms with van der Waals surface area (Å²) in [4.78, 5) is 17.3. The van der Waals surface area contributed by atoms with E-state index >= 15 is 0 Å². The van der Waals surface area contributed by atoms with Gasteiger partial charge < -0.3 is 9.64 Å². The number of carbonyl (C=O) groups is 1. The minimum absolute atomic E-state index is 0.0532. The van der Waals surface area contributed by atoms with Gasteiger partial charge in [-0.25, -0.2) is 0 Å².